The first-order valence-corrected chi connectivity index (χ1v) is 6.19. The van der Waals surface area contributed by atoms with Crippen LogP contribution in [-0.4, -0.2) is 0 Å². The molecule has 0 atom stereocenters. The van der Waals surface area contributed by atoms with Gasteiger partial charge in [-0.3, -0.25) is 0 Å². The van der Waals surface area contributed by atoms with Crippen molar-refractivity contribution in [3.63, 3.8) is 0 Å². The van der Waals surface area contributed by atoms with Crippen LogP contribution in [0, 0.1) is 12.7 Å². The molecule has 0 radical (unpaired) electrons. The molecule has 0 saturated carbocycles. The van der Waals surface area contributed by atoms with Crippen LogP contribution in [0.25, 0.3) is 0 Å². The van der Waals surface area contributed by atoms with Gasteiger partial charge in [0.1, 0.15) is 5.82 Å². The number of anilines is 1. The van der Waals surface area contributed by atoms with Gasteiger partial charge in [0.25, 0.3) is 0 Å². The minimum atomic E-state index is -0.217. The van der Waals surface area contributed by atoms with E-state index in [1.165, 1.54) is 6.07 Å². The molecule has 2 aromatic carbocycles. The molecule has 0 spiro atoms. The highest BCUT2D eigenvalue weighted by molar-refractivity contribution is 9.10. The Kier molecular flexibility index (Phi) is 3.79. The summed E-state index contributed by atoms with van der Waals surface area (Å²) in [5, 5.41) is 3.10. The maximum atomic E-state index is 13.5. The molecule has 88 valence electrons. The molecule has 0 bridgehead atoms. The van der Waals surface area contributed by atoms with Crippen LogP contribution in [0.3, 0.4) is 0 Å². The summed E-state index contributed by atoms with van der Waals surface area (Å²) in [5.41, 5.74) is 2.70. The van der Waals surface area contributed by atoms with Gasteiger partial charge in [0.05, 0.1) is 5.69 Å². The molecule has 0 unspecified atom stereocenters. The second-order valence-corrected chi connectivity index (χ2v) is 4.88. The standard InChI is InChI=1S/C14H13BrFN/c1-10-5-6-13(16)14(7-10)17-9-11-3-2-4-12(15)8-11/h2-8,17H,9H2,1H3. The van der Waals surface area contributed by atoms with E-state index in [4.69, 9.17) is 0 Å². The first kappa shape index (κ1) is 12.1. The molecule has 0 heterocycles. The Morgan fingerprint density at radius 2 is 2.00 bits per heavy atom. The van der Waals surface area contributed by atoms with Gasteiger partial charge in [-0.1, -0.05) is 34.1 Å². The van der Waals surface area contributed by atoms with Crippen LogP contribution in [0.1, 0.15) is 11.1 Å². The van der Waals surface area contributed by atoms with Gasteiger partial charge in [-0.15, -0.1) is 0 Å². The van der Waals surface area contributed by atoms with E-state index in [0.29, 0.717) is 12.2 Å². The van der Waals surface area contributed by atoms with Gasteiger partial charge in [-0.05, 0) is 42.3 Å². The fourth-order valence-electron chi connectivity index (χ4n) is 1.62. The van der Waals surface area contributed by atoms with Crippen molar-refractivity contribution in [3.05, 3.63) is 63.9 Å². The lowest BCUT2D eigenvalue weighted by molar-refractivity contribution is 0.629. The number of benzene rings is 2. The second-order valence-electron chi connectivity index (χ2n) is 3.97. The summed E-state index contributed by atoms with van der Waals surface area (Å²) < 4.78 is 14.5. The normalized spacial score (nSPS) is 10.3. The highest BCUT2D eigenvalue weighted by Gasteiger charge is 2.01. The predicted molar refractivity (Wildman–Crippen MR) is 72.6 cm³/mol. The van der Waals surface area contributed by atoms with Gasteiger partial charge < -0.3 is 5.32 Å². The molecule has 0 aliphatic heterocycles. The predicted octanol–water partition coefficient (Wildman–Crippen LogP) is 4.51. The van der Waals surface area contributed by atoms with Crippen LogP contribution >= 0.6 is 15.9 Å². The number of rotatable bonds is 3. The topological polar surface area (TPSA) is 12.0 Å². The van der Waals surface area contributed by atoms with Gasteiger partial charge in [0, 0.05) is 11.0 Å². The number of hydrogen-bond acceptors (Lipinski definition) is 1. The largest absolute Gasteiger partial charge is 0.379 e. The van der Waals surface area contributed by atoms with Crippen molar-refractivity contribution in [2.24, 2.45) is 0 Å². The zero-order valence-corrected chi connectivity index (χ0v) is 11.1. The van der Waals surface area contributed by atoms with E-state index in [1.54, 1.807) is 6.07 Å². The highest BCUT2D eigenvalue weighted by atomic mass is 79.9. The minimum Gasteiger partial charge on any atom is -0.379 e. The van der Waals surface area contributed by atoms with Crippen LogP contribution in [-0.2, 0) is 6.54 Å². The van der Waals surface area contributed by atoms with Crippen LogP contribution in [0.4, 0.5) is 10.1 Å². The lowest BCUT2D eigenvalue weighted by Gasteiger charge is -2.08. The van der Waals surface area contributed by atoms with E-state index in [-0.39, 0.29) is 5.82 Å². The third-order valence-electron chi connectivity index (χ3n) is 2.49. The smallest absolute Gasteiger partial charge is 0.146 e. The minimum absolute atomic E-state index is 0.217. The summed E-state index contributed by atoms with van der Waals surface area (Å²) in [4.78, 5) is 0. The Bertz CT molecular complexity index is 525. The quantitative estimate of drug-likeness (QED) is 0.878. The van der Waals surface area contributed by atoms with E-state index < -0.39 is 0 Å². The van der Waals surface area contributed by atoms with Crippen molar-refractivity contribution in [2.45, 2.75) is 13.5 Å². The number of hydrogen-bond donors (Lipinski definition) is 1. The molecule has 0 saturated heterocycles. The van der Waals surface area contributed by atoms with Crippen molar-refractivity contribution in [1.29, 1.82) is 0 Å². The molecular formula is C14H13BrFN. The zero-order valence-electron chi connectivity index (χ0n) is 9.50. The van der Waals surface area contributed by atoms with E-state index in [1.807, 2.05) is 37.3 Å². The van der Waals surface area contributed by atoms with Gasteiger partial charge in [-0.25, -0.2) is 4.39 Å². The molecule has 2 rings (SSSR count). The van der Waals surface area contributed by atoms with Crippen LogP contribution in [0.15, 0.2) is 46.9 Å². The van der Waals surface area contributed by atoms with Crippen LogP contribution < -0.4 is 5.32 Å². The van der Waals surface area contributed by atoms with E-state index in [0.717, 1.165) is 15.6 Å². The molecule has 0 aliphatic rings. The molecule has 2 aromatic rings. The number of aryl methyl sites for hydroxylation is 1. The van der Waals surface area contributed by atoms with Crippen molar-refractivity contribution in [2.75, 3.05) is 5.32 Å². The SMILES string of the molecule is Cc1ccc(F)c(NCc2cccc(Br)c2)c1. The summed E-state index contributed by atoms with van der Waals surface area (Å²) in [6, 6.07) is 13.0. The molecule has 1 nitrogen and oxygen atoms in total. The lowest BCUT2D eigenvalue weighted by Crippen LogP contribution is -2.01. The first-order chi connectivity index (χ1) is 8.15. The Morgan fingerprint density at radius 1 is 1.18 bits per heavy atom. The fraction of sp³-hybridized carbons (Fsp3) is 0.143. The van der Waals surface area contributed by atoms with Crippen LogP contribution in [0.5, 0.6) is 0 Å². The number of nitrogens with one attached hydrogen (secondary N) is 1. The van der Waals surface area contributed by atoms with E-state index in [2.05, 4.69) is 21.2 Å². The summed E-state index contributed by atoms with van der Waals surface area (Å²) in [5.74, 6) is -0.217. The van der Waals surface area contributed by atoms with Gasteiger partial charge in [0.15, 0.2) is 0 Å². The Morgan fingerprint density at radius 3 is 2.76 bits per heavy atom. The first-order valence-electron chi connectivity index (χ1n) is 5.39. The zero-order chi connectivity index (χ0) is 12.3. The van der Waals surface area contributed by atoms with Gasteiger partial charge in [0.2, 0.25) is 0 Å². The average molecular weight is 294 g/mol. The van der Waals surface area contributed by atoms with Crippen molar-refractivity contribution in [1.82, 2.24) is 0 Å². The summed E-state index contributed by atoms with van der Waals surface area (Å²) >= 11 is 3.41. The third-order valence-corrected chi connectivity index (χ3v) is 2.99. The van der Waals surface area contributed by atoms with Crippen LogP contribution in [0.2, 0.25) is 0 Å². The number of halogens is 2. The van der Waals surface area contributed by atoms with E-state index in [9.17, 15) is 4.39 Å². The van der Waals surface area contributed by atoms with Crippen molar-refractivity contribution < 1.29 is 4.39 Å². The Balaban J connectivity index is 2.09. The Hall–Kier alpha value is -1.35. The second kappa shape index (κ2) is 5.32. The molecule has 1 N–H and O–H groups in total. The fourth-order valence-corrected chi connectivity index (χ4v) is 2.07. The lowest BCUT2D eigenvalue weighted by atomic mass is 10.2. The van der Waals surface area contributed by atoms with Crippen molar-refractivity contribution >= 4 is 21.6 Å². The molecule has 17 heavy (non-hydrogen) atoms. The molecule has 0 fully saturated rings. The Labute approximate surface area is 109 Å². The molecule has 0 aromatic heterocycles. The molecule has 3 heteroatoms. The maximum Gasteiger partial charge on any atom is 0.146 e. The molecule has 0 aliphatic carbocycles. The molecule has 0 amide bonds. The van der Waals surface area contributed by atoms with Gasteiger partial charge in [-0.2, -0.15) is 0 Å². The maximum absolute atomic E-state index is 13.5. The van der Waals surface area contributed by atoms with Crippen molar-refractivity contribution in [3.8, 4) is 0 Å². The summed E-state index contributed by atoms with van der Waals surface area (Å²) in [6.07, 6.45) is 0. The van der Waals surface area contributed by atoms with Gasteiger partial charge >= 0.3 is 0 Å². The average Bonchev–Trinajstić information content (AvgIpc) is 2.30. The highest BCUT2D eigenvalue weighted by Crippen LogP contribution is 2.18. The summed E-state index contributed by atoms with van der Waals surface area (Å²) in [7, 11) is 0. The summed E-state index contributed by atoms with van der Waals surface area (Å²) in [6.45, 7) is 2.56. The van der Waals surface area contributed by atoms with E-state index >= 15 is 0 Å². The third kappa shape index (κ3) is 3.30. The molecular weight excluding hydrogens is 281 g/mol. The monoisotopic (exact) mass is 293 g/mol.